The van der Waals surface area contributed by atoms with Crippen LogP contribution >= 0.6 is 24.8 Å². The molecule has 0 atom stereocenters. The van der Waals surface area contributed by atoms with Crippen LogP contribution in [0.2, 0.25) is 0 Å². The van der Waals surface area contributed by atoms with E-state index in [9.17, 15) is 0 Å². The number of rotatable bonds is 0. The fourth-order valence-corrected chi connectivity index (χ4v) is 0.340. The van der Waals surface area contributed by atoms with Crippen LogP contribution in [0.3, 0.4) is 0 Å². The maximum atomic E-state index is 2.99. The minimum absolute atomic E-state index is 0. The van der Waals surface area contributed by atoms with E-state index in [0.717, 1.165) is 12.8 Å². The molecule has 11 heavy (non-hydrogen) atoms. The van der Waals surface area contributed by atoms with Gasteiger partial charge in [-0.15, -0.1) is 31.2 Å². The summed E-state index contributed by atoms with van der Waals surface area (Å²) < 4.78 is 0. The summed E-state index contributed by atoms with van der Waals surface area (Å²) >= 11 is 0. The summed E-state index contributed by atoms with van der Waals surface area (Å²) in [7, 11) is 0. The average Bonchev–Trinajstić information content (AvgIpc) is 2.55. The van der Waals surface area contributed by atoms with Gasteiger partial charge in [0, 0.05) is 25.8 Å². The first kappa shape index (κ1) is 17.7. The van der Waals surface area contributed by atoms with E-state index >= 15 is 0 Å². The smallest absolute Gasteiger partial charge is 0 e. The largest absolute Gasteiger partial charge is 0.502 e. The second kappa shape index (κ2) is 13.3. The van der Waals surface area contributed by atoms with Gasteiger partial charge in [-0.05, 0) is 0 Å². The zero-order valence-corrected chi connectivity index (χ0v) is 11.3. The Hall–Kier alpha value is 0.670. The van der Waals surface area contributed by atoms with Crippen molar-refractivity contribution in [3.8, 4) is 0 Å². The molecule has 0 amide bonds. The summed E-state index contributed by atoms with van der Waals surface area (Å²) in [6.45, 7) is 0. The van der Waals surface area contributed by atoms with Crippen LogP contribution in [-0.2, 0) is 25.8 Å². The molecule has 2 aliphatic carbocycles. The third-order valence-electron chi connectivity index (χ3n) is 0.790. The van der Waals surface area contributed by atoms with Crippen LogP contribution < -0.4 is 0 Å². The molecule has 0 aromatic rings. The van der Waals surface area contributed by atoms with Gasteiger partial charge < -0.3 is 6.08 Å². The summed E-state index contributed by atoms with van der Waals surface area (Å²) in [4.78, 5) is 0. The third kappa shape index (κ3) is 18.0. The van der Waals surface area contributed by atoms with Crippen LogP contribution in [0.4, 0.5) is 0 Å². The fraction of sp³-hybridized carbons (Fsp3) is 0.250. The van der Waals surface area contributed by atoms with E-state index in [0.29, 0.717) is 0 Å². The van der Waals surface area contributed by atoms with Crippen molar-refractivity contribution in [2.75, 3.05) is 0 Å². The van der Waals surface area contributed by atoms with Crippen LogP contribution in [0.5, 0.6) is 0 Å². The molecule has 0 radical (unpaired) electrons. The maximum absolute atomic E-state index is 2.99. The van der Waals surface area contributed by atoms with Crippen molar-refractivity contribution in [1.82, 2.24) is 0 Å². The molecule has 2 rings (SSSR count). The Morgan fingerprint density at radius 2 is 1.55 bits per heavy atom. The first-order chi connectivity index (χ1) is 4.00. The molecular formula is C8H10Cl2Hf-2. The van der Waals surface area contributed by atoms with Gasteiger partial charge in [-0.25, -0.2) is 18.6 Å². The number of hydrogen-bond donors (Lipinski definition) is 0. The molecule has 0 saturated carbocycles. The van der Waals surface area contributed by atoms with Crippen molar-refractivity contribution in [3.05, 3.63) is 36.5 Å². The van der Waals surface area contributed by atoms with Crippen LogP contribution in [0, 0.1) is 12.2 Å². The van der Waals surface area contributed by atoms with Crippen molar-refractivity contribution in [2.24, 2.45) is 0 Å². The monoisotopic (exact) mass is 356 g/mol. The first-order valence-electron chi connectivity index (χ1n) is 2.77. The summed E-state index contributed by atoms with van der Waals surface area (Å²) in [6.07, 6.45) is 16.0. The predicted octanol–water partition coefficient (Wildman–Crippen LogP) is 2.90. The van der Waals surface area contributed by atoms with E-state index in [2.05, 4.69) is 18.2 Å². The molecule has 0 aliphatic heterocycles. The number of allylic oxidation sites excluding steroid dienone is 6. The molecule has 2 aliphatic rings. The van der Waals surface area contributed by atoms with E-state index in [1.165, 1.54) is 0 Å². The Morgan fingerprint density at radius 3 is 1.64 bits per heavy atom. The molecule has 0 N–H and O–H groups in total. The maximum Gasteiger partial charge on any atom is 0 e. The molecule has 62 valence electrons. The van der Waals surface area contributed by atoms with Crippen molar-refractivity contribution in [1.29, 1.82) is 0 Å². The van der Waals surface area contributed by atoms with Gasteiger partial charge >= 0.3 is 0 Å². The van der Waals surface area contributed by atoms with Crippen molar-refractivity contribution in [3.63, 3.8) is 0 Å². The van der Waals surface area contributed by atoms with Gasteiger partial charge in [0.1, 0.15) is 0 Å². The number of hydrogen-bond acceptors (Lipinski definition) is 0. The summed E-state index contributed by atoms with van der Waals surface area (Å²) in [6, 6.07) is 0. The van der Waals surface area contributed by atoms with Gasteiger partial charge in [0.2, 0.25) is 0 Å². The van der Waals surface area contributed by atoms with Gasteiger partial charge in [0.05, 0.1) is 0 Å². The SMILES string of the molecule is Cl.Cl.[C-]1=CC1.[C-]1=CC=CC1.[Hf]. The van der Waals surface area contributed by atoms with Crippen LogP contribution in [0.25, 0.3) is 0 Å². The molecule has 0 aromatic heterocycles. The first-order valence-corrected chi connectivity index (χ1v) is 2.77. The van der Waals surface area contributed by atoms with Crippen molar-refractivity contribution in [2.45, 2.75) is 12.8 Å². The van der Waals surface area contributed by atoms with E-state index in [1.807, 2.05) is 18.2 Å². The molecule has 0 saturated heterocycles. The standard InChI is InChI=1S/C5H5.C3H3.2ClH.Hf/c1-2-4-5-3-1;1-2-3-1;;;/h1-3H,4H2;1H,2H2;2*1H;/q2*-1;;;. The predicted molar refractivity (Wildman–Crippen MR) is 48.5 cm³/mol. The third-order valence-corrected chi connectivity index (χ3v) is 0.790. The summed E-state index contributed by atoms with van der Waals surface area (Å²) in [5.74, 6) is 0. The zero-order chi connectivity index (χ0) is 5.66. The zero-order valence-electron chi connectivity index (χ0n) is 6.04. The minimum atomic E-state index is 0. The van der Waals surface area contributed by atoms with E-state index in [-0.39, 0.29) is 50.7 Å². The minimum Gasteiger partial charge on any atom is -0.502 e. The molecule has 0 heterocycles. The Kier molecular flexibility index (Phi) is 21.3. The second-order valence-corrected chi connectivity index (χ2v) is 1.62. The second-order valence-electron chi connectivity index (χ2n) is 1.62. The van der Waals surface area contributed by atoms with E-state index in [4.69, 9.17) is 0 Å². The van der Waals surface area contributed by atoms with Gasteiger partial charge in [0.15, 0.2) is 0 Å². The van der Waals surface area contributed by atoms with Gasteiger partial charge in [-0.2, -0.15) is 6.08 Å². The molecule has 0 bridgehead atoms. The van der Waals surface area contributed by atoms with Crippen molar-refractivity contribution < 1.29 is 25.8 Å². The Morgan fingerprint density at radius 1 is 1.00 bits per heavy atom. The molecule has 0 unspecified atom stereocenters. The van der Waals surface area contributed by atoms with Gasteiger partial charge in [-0.1, -0.05) is 0 Å². The quantitative estimate of drug-likeness (QED) is 0.463. The molecular weight excluding hydrogens is 345 g/mol. The summed E-state index contributed by atoms with van der Waals surface area (Å²) in [5, 5.41) is 0. The molecule has 0 spiro atoms. The Balaban J connectivity index is -0.0000000967. The Bertz CT molecular complexity index is 125. The molecule has 3 heteroatoms. The Labute approximate surface area is 99.4 Å². The van der Waals surface area contributed by atoms with E-state index in [1.54, 1.807) is 0 Å². The molecule has 0 nitrogen and oxygen atoms in total. The van der Waals surface area contributed by atoms with Gasteiger partial charge in [0.25, 0.3) is 0 Å². The van der Waals surface area contributed by atoms with Crippen LogP contribution in [0.1, 0.15) is 12.8 Å². The summed E-state index contributed by atoms with van der Waals surface area (Å²) in [5.41, 5.74) is 0. The van der Waals surface area contributed by atoms with Crippen molar-refractivity contribution >= 4 is 24.8 Å². The fourth-order valence-electron chi connectivity index (χ4n) is 0.340. The van der Waals surface area contributed by atoms with Gasteiger partial charge in [-0.3, -0.25) is 12.2 Å². The topological polar surface area (TPSA) is 0 Å². The molecule has 0 fully saturated rings. The molecule has 0 aromatic carbocycles. The number of halogens is 2. The van der Waals surface area contributed by atoms with Crippen LogP contribution in [0.15, 0.2) is 24.3 Å². The average molecular weight is 356 g/mol. The normalized spacial score (nSPS) is 13.1. The van der Waals surface area contributed by atoms with Crippen LogP contribution in [-0.4, -0.2) is 0 Å². The van der Waals surface area contributed by atoms with E-state index < -0.39 is 0 Å².